The third-order valence-corrected chi connectivity index (χ3v) is 11.4. The fourth-order valence-corrected chi connectivity index (χ4v) is 7.82. The molecule has 1 aliphatic heterocycles. The first kappa shape index (κ1) is 54.9. The van der Waals surface area contributed by atoms with Crippen LogP contribution in [0.4, 0.5) is 0 Å². The normalized spacial score (nSPS) is 20.6. The van der Waals surface area contributed by atoms with E-state index in [1.807, 2.05) is 0 Å². The van der Waals surface area contributed by atoms with E-state index in [9.17, 15) is 28.5 Å². The molecule has 0 bridgehead atoms. The van der Waals surface area contributed by atoms with Gasteiger partial charge in [-0.05, 0) is 38.5 Å². The molecule has 1 fully saturated rings. The summed E-state index contributed by atoms with van der Waals surface area (Å²) in [6.45, 7) is 4.00. The molecule has 0 radical (unpaired) electrons. The summed E-state index contributed by atoms with van der Waals surface area (Å²) < 4.78 is 59.1. The molecule has 13 heteroatoms. The van der Waals surface area contributed by atoms with Gasteiger partial charge in [0.05, 0.1) is 19.8 Å². The van der Waals surface area contributed by atoms with Crippen molar-refractivity contribution >= 4 is 16.4 Å². The molecule has 0 aromatic carbocycles. The lowest BCUT2D eigenvalue weighted by Gasteiger charge is -2.41. The Bertz CT molecular complexity index is 1070. The summed E-state index contributed by atoms with van der Waals surface area (Å²) in [7, 11) is -5.06. The summed E-state index contributed by atoms with van der Waals surface area (Å²) in [5.74, 6) is -0.404. The van der Waals surface area contributed by atoms with Crippen LogP contribution in [0.2, 0.25) is 0 Å². The van der Waals surface area contributed by atoms with Crippen LogP contribution in [0.15, 0.2) is 12.2 Å². The second-order valence-electron chi connectivity index (χ2n) is 16.4. The maximum atomic E-state index is 12.8. The highest BCUT2D eigenvalue weighted by Gasteiger charge is 2.48. The lowest BCUT2D eigenvalue weighted by molar-refractivity contribution is -0.301. The Morgan fingerprint density at radius 1 is 0.638 bits per heavy atom. The molecule has 0 saturated carbocycles. The number of carbonyl (C=O) groups is 1. The Kier molecular flexibility index (Phi) is 35.6. The van der Waals surface area contributed by atoms with Crippen LogP contribution in [0.3, 0.4) is 0 Å². The largest absolute Gasteiger partial charge is 0.457 e. The molecule has 1 saturated heterocycles. The zero-order chi connectivity index (χ0) is 42.5. The molecular weight excluding hydrogens is 765 g/mol. The van der Waals surface area contributed by atoms with E-state index >= 15 is 0 Å². The van der Waals surface area contributed by atoms with Crippen LogP contribution < -0.4 is 0 Å². The van der Waals surface area contributed by atoms with Crippen molar-refractivity contribution in [3.05, 3.63) is 12.2 Å². The molecule has 0 amide bonds. The van der Waals surface area contributed by atoms with Gasteiger partial charge in [0.15, 0.2) is 6.29 Å². The molecule has 6 atom stereocenters. The van der Waals surface area contributed by atoms with Gasteiger partial charge in [-0.25, -0.2) is 4.18 Å². The molecular formula is C45H86O12S. The van der Waals surface area contributed by atoms with Crippen LogP contribution in [-0.2, 0) is 38.3 Å². The topological polar surface area (TPSA) is 178 Å². The average molecular weight is 851 g/mol. The average Bonchev–Trinajstić information content (AvgIpc) is 3.19. The minimum Gasteiger partial charge on any atom is -0.457 e. The van der Waals surface area contributed by atoms with Crippen LogP contribution >= 0.6 is 0 Å². The lowest BCUT2D eigenvalue weighted by atomic mass is 9.99. The quantitative estimate of drug-likeness (QED) is 0.0198. The minimum atomic E-state index is -5.06. The second kappa shape index (κ2) is 37.6. The number of allylic oxidation sites excluding steroid dienone is 2. The van der Waals surface area contributed by atoms with E-state index < -0.39 is 59.8 Å². The lowest BCUT2D eigenvalue weighted by Crippen LogP contribution is -2.60. The monoisotopic (exact) mass is 851 g/mol. The minimum absolute atomic E-state index is 0.0384. The molecule has 0 spiro atoms. The van der Waals surface area contributed by atoms with Gasteiger partial charge >= 0.3 is 16.4 Å². The van der Waals surface area contributed by atoms with E-state index in [4.69, 9.17) is 23.5 Å². The summed E-state index contributed by atoms with van der Waals surface area (Å²) >= 11 is 0. The zero-order valence-electron chi connectivity index (χ0n) is 36.6. The van der Waals surface area contributed by atoms with Gasteiger partial charge in [0, 0.05) is 13.0 Å². The first-order valence-corrected chi connectivity index (χ1v) is 24.8. The number of aliphatic hydroxyl groups excluding tert-OH is 3. The van der Waals surface area contributed by atoms with Crippen molar-refractivity contribution < 1.29 is 56.2 Å². The summed E-state index contributed by atoms with van der Waals surface area (Å²) in [5, 5.41) is 30.7. The number of hydrogen-bond donors (Lipinski definition) is 4. The maximum absolute atomic E-state index is 12.8. The number of ether oxygens (including phenoxy) is 4. The highest BCUT2D eigenvalue weighted by atomic mass is 32.3. The number of carbonyl (C=O) groups excluding carboxylic acids is 1. The molecule has 0 aromatic heterocycles. The smallest absolute Gasteiger partial charge is 0.397 e. The van der Waals surface area contributed by atoms with Gasteiger partial charge in [-0.15, -0.1) is 0 Å². The van der Waals surface area contributed by atoms with Crippen molar-refractivity contribution in [3.8, 4) is 0 Å². The fourth-order valence-electron chi connectivity index (χ4n) is 7.32. The van der Waals surface area contributed by atoms with Crippen molar-refractivity contribution in [1.82, 2.24) is 0 Å². The van der Waals surface area contributed by atoms with E-state index in [1.165, 1.54) is 122 Å². The predicted molar refractivity (Wildman–Crippen MR) is 230 cm³/mol. The van der Waals surface area contributed by atoms with Crippen LogP contribution in [0.1, 0.15) is 206 Å². The highest BCUT2D eigenvalue weighted by Crippen LogP contribution is 2.26. The summed E-state index contributed by atoms with van der Waals surface area (Å²) in [4.78, 5) is 12.8. The molecule has 12 nitrogen and oxygen atoms in total. The van der Waals surface area contributed by atoms with E-state index in [0.717, 1.165) is 57.8 Å². The number of hydrogen-bond acceptors (Lipinski definition) is 11. The third-order valence-electron chi connectivity index (χ3n) is 10.9. The van der Waals surface area contributed by atoms with Crippen molar-refractivity contribution in [3.63, 3.8) is 0 Å². The molecule has 0 aliphatic carbocycles. The van der Waals surface area contributed by atoms with Gasteiger partial charge in [0.1, 0.15) is 30.5 Å². The van der Waals surface area contributed by atoms with Gasteiger partial charge in [0.25, 0.3) is 0 Å². The third kappa shape index (κ3) is 30.8. The molecule has 1 aliphatic rings. The molecule has 58 heavy (non-hydrogen) atoms. The Morgan fingerprint density at radius 3 is 1.55 bits per heavy atom. The summed E-state index contributed by atoms with van der Waals surface area (Å²) in [5.41, 5.74) is 0. The van der Waals surface area contributed by atoms with Gasteiger partial charge in [0.2, 0.25) is 0 Å². The molecule has 0 aromatic rings. The summed E-state index contributed by atoms with van der Waals surface area (Å²) in [6.07, 6.45) is 31.0. The van der Waals surface area contributed by atoms with E-state index in [1.54, 1.807) is 0 Å². The second-order valence-corrected chi connectivity index (χ2v) is 17.4. The molecule has 344 valence electrons. The first-order valence-electron chi connectivity index (χ1n) is 23.4. The Morgan fingerprint density at radius 2 is 1.09 bits per heavy atom. The standard InChI is InChI=1S/C45H86O12S/c1-3-5-7-9-11-13-15-17-19-20-21-23-25-27-29-31-33-35-53-37-39(38-54-45-43(49)44(57-58(50,51)52)42(48)40(36-46)56-45)55-41(47)34-32-30-28-26-24-22-18-16-14-12-10-8-6-4-2/h16,18,39-40,42-46,48-49H,3-15,17,19-38H2,1-2H3,(H,50,51,52)/b18-16-. The van der Waals surface area contributed by atoms with Crippen molar-refractivity contribution in [2.75, 3.05) is 26.4 Å². The van der Waals surface area contributed by atoms with Gasteiger partial charge in [-0.1, -0.05) is 174 Å². The number of unbranched alkanes of at least 4 members (excludes halogenated alkanes) is 26. The zero-order valence-corrected chi connectivity index (χ0v) is 37.4. The van der Waals surface area contributed by atoms with Crippen LogP contribution in [0, 0.1) is 0 Å². The molecule has 4 N–H and O–H groups in total. The van der Waals surface area contributed by atoms with Crippen molar-refractivity contribution in [1.29, 1.82) is 0 Å². The fraction of sp³-hybridized carbons (Fsp3) is 0.933. The number of aliphatic hydroxyl groups is 3. The maximum Gasteiger partial charge on any atom is 0.397 e. The highest BCUT2D eigenvalue weighted by molar-refractivity contribution is 7.80. The number of esters is 1. The number of rotatable bonds is 41. The van der Waals surface area contributed by atoms with Gasteiger partial charge in [-0.2, -0.15) is 8.42 Å². The van der Waals surface area contributed by atoms with Crippen molar-refractivity contribution in [2.45, 2.75) is 243 Å². The van der Waals surface area contributed by atoms with Gasteiger partial charge in [-0.3, -0.25) is 9.35 Å². The van der Waals surface area contributed by atoms with Crippen LogP contribution in [-0.4, -0.2) is 97.5 Å². The molecule has 6 unspecified atom stereocenters. The van der Waals surface area contributed by atoms with Crippen molar-refractivity contribution in [2.24, 2.45) is 0 Å². The predicted octanol–water partition coefficient (Wildman–Crippen LogP) is 9.86. The Labute approximate surface area is 353 Å². The van der Waals surface area contributed by atoms with E-state index in [2.05, 4.69) is 30.2 Å². The van der Waals surface area contributed by atoms with Crippen LogP contribution in [0.5, 0.6) is 0 Å². The molecule has 1 heterocycles. The Hall–Kier alpha value is -1.16. The Balaban J connectivity index is 2.40. The van der Waals surface area contributed by atoms with Crippen LogP contribution in [0.25, 0.3) is 0 Å². The first-order chi connectivity index (χ1) is 28.1. The SMILES string of the molecule is CCCCCCC/C=C\CCCCCCCC(=O)OC(COCCCCCCCCCCCCCCCCCCC)COC1OC(CO)C(O)C(OS(=O)(=O)O)C1O. The summed E-state index contributed by atoms with van der Waals surface area (Å²) in [6, 6.07) is 0. The van der Waals surface area contributed by atoms with E-state index in [0.29, 0.717) is 13.0 Å². The van der Waals surface area contributed by atoms with E-state index in [-0.39, 0.29) is 19.6 Å². The molecule has 1 rings (SSSR count). The van der Waals surface area contributed by atoms with Gasteiger partial charge < -0.3 is 34.3 Å².